The molecule has 10 heteroatoms. The Morgan fingerprint density at radius 1 is 1.45 bits per heavy atom. The maximum absolute atomic E-state index is 12.3. The second-order valence-electron chi connectivity index (χ2n) is 3.72. The van der Waals surface area contributed by atoms with Crippen LogP contribution in [0.4, 0.5) is 18.0 Å². The molecule has 1 heterocycles. The van der Waals surface area contributed by atoms with Crippen molar-refractivity contribution in [2.45, 2.75) is 12.7 Å². The number of urea groups is 1. The van der Waals surface area contributed by atoms with Crippen LogP contribution in [-0.2, 0) is 11.3 Å². The van der Waals surface area contributed by atoms with Crippen molar-refractivity contribution >= 4 is 39.3 Å². The van der Waals surface area contributed by atoms with Crippen molar-refractivity contribution in [1.82, 2.24) is 10.2 Å². The molecule has 0 aliphatic rings. The van der Waals surface area contributed by atoms with Gasteiger partial charge in [0.15, 0.2) is 0 Å². The van der Waals surface area contributed by atoms with Gasteiger partial charge in [-0.15, -0.1) is 11.3 Å². The Balaban J connectivity index is 2.63. The Morgan fingerprint density at radius 2 is 2.10 bits per heavy atom. The molecule has 2 N–H and O–H groups in total. The Labute approximate surface area is 124 Å². The fraction of sp³-hybridized carbons (Fsp3) is 0.400. The summed E-state index contributed by atoms with van der Waals surface area (Å²) in [6, 6.07) is 0.654. The summed E-state index contributed by atoms with van der Waals surface area (Å²) < 4.78 is 37.5. The lowest BCUT2D eigenvalue weighted by atomic mass is 10.4. The number of halogens is 4. The Hall–Kier alpha value is -1.29. The van der Waals surface area contributed by atoms with Gasteiger partial charge >= 0.3 is 18.2 Å². The van der Waals surface area contributed by atoms with Gasteiger partial charge < -0.3 is 15.3 Å². The Bertz CT molecular complexity index is 492. The van der Waals surface area contributed by atoms with Crippen LogP contribution >= 0.6 is 27.3 Å². The topological polar surface area (TPSA) is 69.6 Å². The zero-order chi connectivity index (χ0) is 15.3. The minimum atomic E-state index is -4.66. The number of thiophene rings is 1. The normalized spacial score (nSPS) is 11.2. The highest BCUT2D eigenvalue weighted by molar-refractivity contribution is 9.10. The van der Waals surface area contributed by atoms with Gasteiger partial charge in [0.2, 0.25) is 0 Å². The molecular weight excluding hydrogens is 365 g/mol. The molecule has 0 aromatic carbocycles. The number of nitrogens with one attached hydrogen (secondary N) is 1. The fourth-order valence-electron chi connectivity index (χ4n) is 1.30. The molecule has 0 fully saturated rings. The molecule has 0 aliphatic heterocycles. The van der Waals surface area contributed by atoms with E-state index < -0.39 is 31.3 Å². The SMILES string of the molecule is O=C(O)CN(CC(F)(F)F)C(=O)NCc1sccc1Br. The molecule has 0 aliphatic carbocycles. The van der Waals surface area contributed by atoms with Gasteiger partial charge in [-0.25, -0.2) is 4.79 Å². The van der Waals surface area contributed by atoms with Crippen LogP contribution in [0.5, 0.6) is 0 Å². The summed E-state index contributed by atoms with van der Waals surface area (Å²) in [5.41, 5.74) is 0. The number of carboxylic acid groups (broad SMARTS) is 1. The molecule has 112 valence electrons. The molecule has 1 aromatic rings. The van der Waals surface area contributed by atoms with E-state index in [1.165, 1.54) is 11.3 Å². The van der Waals surface area contributed by atoms with Crippen molar-refractivity contribution in [2.24, 2.45) is 0 Å². The average Bonchev–Trinajstić information content (AvgIpc) is 2.68. The number of alkyl halides is 3. The fourth-order valence-corrected chi connectivity index (χ4v) is 2.73. The lowest BCUT2D eigenvalue weighted by Gasteiger charge is -2.22. The average molecular weight is 375 g/mol. The number of rotatable bonds is 5. The number of carboxylic acids is 1. The highest BCUT2D eigenvalue weighted by atomic mass is 79.9. The van der Waals surface area contributed by atoms with E-state index in [1.807, 2.05) is 0 Å². The molecule has 0 bridgehead atoms. The highest BCUT2D eigenvalue weighted by Gasteiger charge is 2.34. The lowest BCUT2D eigenvalue weighted by molar-refractivity contribution is -0.148. The summed E-state index contributed by atoms with van der Waals surface area (Å²) >= 11 is 4.53. The smallest absolute Gasteiger partial charge is 0.406 e. The van der Waals surface area contributed by atoms with Crippen LogP contribution in [0, 0.1) is 0 Å². The van der Waals surface area contributed by atoms with E-state index in [2.05, 4.69) is 21.2 Å². The van der Waals surface area contributed by atoms with Gasteiger partial charge in [-0.05, 0) is 27.4 Å². The number of carbonyl (C=O) groups is 2. The van der Waals surface area contributed by atoms with Gasteiger partial charge in [-0.2, -0.15) is 13.2 Å². The van der Waals surface area contributed by atoms with Gasteiger partial charge in [-0.3, -0.25) is 4.79 Å². The van der Waals surface area contributed by atoms with Crippen molar-refractivity contribution < 1.29 is 27.9 Å². The predicted molar refractivity (Wildman–Crippen MR) is 69.5 cm³/mol. The Kier molecular flexibility index (Phi) is 5.81. The summed E-state index contributed by atoms with van der Waals surface area (Å²) in [6.07, 6.45) is -4.66. The first kappa shape index (κ1) is 16.8. The number of nitrogens with zero attached hydrogens (tertiary/aromatic N) is 1. The summed E-state index contributed by atoms with van der Waals surface area (Å²) in [5, 5.41) is 12.5. The van der Waals surface area contributed by atoms with Gasteiger partial charge in [0, 0.05) is 9.35 Å². The van der Waals surface area contributed by atoms with Crippen molar-refractivity contribution in [3.8, 4) is 0 Å². The van der Waals surface area contributed by atoms with E-state index in [0.29, 0.717) is 0 Å². The monoisotopic (exact) mass is 374 g/mol. The van der Waals surface area contributed by atoms with E-state index in [9.17, 15) is 22.8 Å². The van der Waals surface area contributed by atoms with Crippen LogP contribution in [-0.4, -0.2) is 41.3 Å². The summed E-state index contributed by atoms with van der Waals surface area (Å²) in [5.74, 6) is -1.51. The van der Waals surface area contributed by atoms with Crippen molar-refractivity contribution in [3.05, 3.63) is 20.8 Å². The molecule has 1 aromatic heterocycles. The first-order chi connectivity index (χ1) is 9.19. The molecule has 0 atom stereocenters. The number of carbonyl (C=O) groups excluding carboxylic acids is 1. The first-order valence-electron chi connectivity index (χ1n) is 5.22. The summed E-state index contributed by atoms with van der Waals surface area (Å²) in [4.78, 5) is 23.0. The van der Waals surface area contributed by atoms with E-state index in [4.69, 9.17) is 5.11 Å². The van der Waals surface area contributed by atoms with Gasteiger partial charge in [0.05, 0.1) is 6.54 Å². The third kappa shape index (κ3) is 5.78. The molecule has 0 spiro atoms. The third-order valence-corrected chi connectivity index (χ3v) is 4.00. The van der Waals surface area contributed by atoms with Crippen molar-refractivity contribution in [3.63, 3.8) is 0 Å². The molecule has 20 heavy (non-hydrogen) atoms. The molecule has 0 saturated heterocycles. The largest absolute Gasteiger partial charge is 0.480 e. The van der Waals surface area contributed by atoms with E-state index in [-0.39, 0.29) is 11.4 Å². The molecule has 0 saturated carbocycles. The number of aliphatic carboxylic acids is 1. The van der Waals surface area contributed by atoms with Crippen LogP contribution in [0.3, 0.4) is 0 Å². The third-order valence-electron chi connectivity index (χ3n) is 2.07. The van der Waals surface area contributed by atoms with Crippen LogP contribution in [0.2, 0.25) is 0 Å². The maximum atomic E-state index is 12.3. The molecular formula is C10H10BrF3N2O3S. The van der Waals surface area contributed by atoms with Gasteiger partial charge in [-0.1, -0.05) is 0 Å². The van der Waals surface area contributed by atoms with Crippen LogP contribution < -0.4 is 5.32 Å². The second-order valence-corrected chi connectivity index (χ2v) is 5.57. The molecule has 2 amide bonds. The summed E-state index contributed by atoms with van der Waals surface area (Å²) in [7, 11) is 0. The quantitative estimate of drug-likeness (QED) is 0.832. The Morgan fingerprint density at radius 3 is 2.55 bits per heavy atom. The van der Waals surface area contributed by atoms with E-state index >= 15 is 0 Å². The zero-order valence-corrected chi connectivity index (χ0v) is 12.3. The lowest BCUT2D eigenvalue weighted by Crippen LogP contribution is -2.46. The molecule has 1 rings (SSSR count). The number of hydrogen-bond acceptors (Lipinski definition) is 3. The minimum Gasteiger partial charge on any atom is -0.480 e. The molecule has 5 nitrogen and oxygen atoms in total. The van der Waals surface area contributed by atoms with E-state index in [0.717, 1.165) is 9.35 Å². The second kappa shape index (κ2) is 6.93. The molecule has 0 radical (unpaired) electrons. The van der Waals surface area contributed by atoms with Crippen LogP contribution in [0.1, 0.15) is 4.88 Å². The van der Waals surface area contributed by atoms with Crippen LogP contribution in [0.25, 0.3) is 0 Å². The maximum Gasteiger partial charge on any atom is 0.406 e. The first-order valence-corrected chi connectivity index (χ1v) is 6.89. The standard InChI is InChI=1S/C10H10BrF3N2O3S/c11-6-1-2-20-7(6)3-15-9(19)16(4-8(17)18)5-10(12,13)14/h1-2H,3-5H2,(H,15,19)(H,17,18). The van der Waals surface area contributed by atoms with Crippen LogP contribution in [0.15, 0.2) is 15.9 Å². The minimum absolute atomic E-state index is 0.0189. The number of hydrogen-bond donors (Lipinski definition) is 2. The van der Waals surface area contributed by atoms with Crippen molar-refractivity contribution in [2.75, 3.05) is 13.1 Å². The van der Waals surface area contributed by atoms with Gasteiger partial charge in [0.1, 0.15) is 13.1 Å². The highest BCUT2D eigenvalue weighted by Crippen LogP contribution is 2.22. The molecule has 0 unspecified atom stereocenters. The number of amides is 2. The van der Waals surface area contributed by atoms with E-state index in [1.54, 1.807) is 11.4 Å². The van der Waals surface area contributed by atoms with Gasteiger partial charge in [0.25, 0.3) is 0 Å². The summed E-state index contributed by atoms with van der Waals surface area (Å²) in [6.45, 7) is -2.61. The predicted octanol–water partition coefficient (Wildman–Crippen LogP) is 2.67. The van der Waals surface area contributed by atoms with Crippen molar-refractivity contribution in [1.29, 1.82) is 0 Å². The zero-order valence-electron chi connectivity index (χ0n) is 9.91.